The molecule has 24 heavy (non-hydrogen) atoms. The van der Waals surface area contributed by atoms with Crippen LogP contribution in [0.25, 0.3) is 10.6 Å². The highest BCUT2D eigenvalue weighted by atomic mass is 32.1. The summed E-state index contributed by atoms with van der Waals surface area (Å²) in [7, 11) is 0. The van der Waals surface area contributed by atoms with Gasteiger partial charge in [0.15, 0.2) is 0 Å². The maximum Gasteiger partial charge on any atom is 0.325 e. The average Bonchev–Trinajstić information content (AvgIpc) is 3.14. The minimum atomic E-state index is -0.757. The van der Waals surface area contributed by atoms with E-state index in [1.165, 1.54) is 21.8 Å². The molecular formula is C18H21N3O2S. The van der Waals surface area contributed by atoms with E-state index in [1.54, 1.807) is 0 Å². The summed E-state index contributed by atoms with van der Waals surface area (Å²) in [5.74, 6) is -0.151. The van der Waals surface area contributed by atoms with E-state index in [1.807, 2.05) is 50.4 Å². The molecule has 0 unspecified atom stereocenters. The molecule has 5 nitrogen and oxygen atoms in total. The number of carbonyl (C=O) groups is 2. The van der Waals surface area contributed by atoms with Gasteiger partial charge in [0, 0.05) is 10.9 Å². The maximum atomic E-state index is 12.6. The van der Waals surface area contributed by atoms with Crippen LogP contribution in [0.15, 0.2) is 29.6 Å². The average molecular weight is 343 g/mol. The molecule has 1 aromatic carbocycles. The van der Waals surface area contributed by atoms with E-state index in [0.717, 1.165) is 16.3 Å². The van der Waals surface area contributed by atoms with Crippen LogP contribution in [0.4, 0.5) is 4.79 Å². The van der Waals surface area contributed by atoms with E-state index < -0.39 is 5.54 Å². The van der Waals surface area contributed by atoms with Crippen LogP contribution in [0.1, 0.15) is 37.9 Å². The molecular weight excluding hydrogens is 322 g/mol. The fraction of sp³-hybridized carbons (Fsp3) is 0.389. The van der Waals surface area contributed by atoms with Crippen LogP contribution >= 0.6 is 11.3 Å². The fourth-order valence-corrected chi connectivity index (χ4v) is 3.74. The number of benzene rings is 1. The van der Waals surface area contributed by atoms with Crippen molar-refractivity contribution < 1.29 is 9.59 Å². The van der Waals surface area contributed by atoms with Crippen LogP contribution in [0.2, 0.25) is 0 Å². The molecule has 1 saturated heterocycles. The quantitative estimate of drug-likeness (QED) is 0.842. The first-order valence-electron chi connectivity index (χ1n) is 8.14. The zero-order chi connectivity index (χ0) is 17.3. The summed E-state index contributed by atoms with van der Waals surface area (Å²) in [5, 5.41) is 5.65. The third-order valence-corrected chi connectivity index (χ3v) is 5.56. The van der Waals surface area contributed by atoms with Gasteiger partial charge in [-0.1, -0.05) is 43.7 Å². The van der Waals surface area contributed by atoms with E-state index in [2.05, 4.69) is 10.3 Å². The van der Waals surface area contributed by atoms with Gasteiger partial charge in [0.1, 0.15) is 10.5 Å². The maximum absolute atomic E-state index is 12.6. The second-order valence-corrected chi connectivity index (χ2v) is 6.98. The summed E-state index contributed by atoms with van der Waals surface area (Å²) in [5.41, 5.74) is 2.23. The van der Waals surface area contributed by atoms with Gasteiger partial charge in [-0.3, -0.25) is 9.69 Å². The van der Waals surface area contributed by atoms with E-state index in [-0.39, 0.29) is 18.5 Å². The number of hydrogen-bond acceptors (Lipinski definition) is 4. The van der Waals surface area contributed by atoms with Gasteiger partial charge in [0.25, 0.3) is 5.91 Å². The van der Waals surface area contributed by atoms with E-state index in [0.29, 0.717) is 12.8 Å². The molecule has 0 saturated carbocycles. The summed E-state index contributed by atoms with van der Waals surface area (Å²) in [6.45, 7) is 6.10. The number of rotatable bonds is 5. The summed E-state index contributed by atoms with van der Waals surface area (Å²) >= 11 is 1.52. The predicted octanol–water partition coefficient (Wildman–Crippen LogP) is 3.73. The molecule has 3 amide bonds. The zero-order valence-electron chi connectivity index (χ0n) is 14.1. The smallest absolute Gasteiger partial charge is 0.323 e. The number of imide groups is 1. The van der Waals surface area contributed by atoms with Gasteiger partial charge >= 0.3 is 6.03 Å². The summed E-state index contributed by atoms with van der Waals surface area (Å²) in [6, 6.07) is 7.83. The molecule has 3 rings (SSSR count). The zero-order valence-corrected chi connectivity index (χ0v) is 14.9. The molecule has 1 aliphatic heterocycles. The number of nitrogens with one attached hydrogen (secondary N) is 1. The standard InChI is InChI=1S/C18H21N3O2S/c1-4-18(5-2)16(22)21(17(23)20-18)10-14-11-24-15(19-14)13-8-6-12(3)7-9-13/h6-9,11H,4-5,10H2,1-3H3,(H,20,23). The lowest BCUT2D eigenvalue weighted by Crippen LogP contribution is -2.45. The Hall–Kier alpha value is -2.21. The Morgan fingerprint density at radius 1 is 1.17 bits per heavy atom. The number of nitrogens with zero attached hydrogens (tertiary/aromatic N) is 2. The van der Waals surface area contributed by atoms with Gasteiger partial charge in [-0.15, -0.1) is 11.3 Å². The highest BCUT2D eigenvalue weighted by molar-refractivity contribution is 7.13. The van der Waals surface area contributed by atoms with Gasteiger partial charge in [-0.2, -0.15) is 0 Å². The fourth-order valence-electron chi connectivity index (χ4n) is 2.92. The minimum absolute atomic E-state index is 0.151. The van der Waals surface area contributed by atoms with Crippen molar-refractivity contribution in [2.45, 2.75) is 45.7 Å². The summed E-state index contributed by atoms with van der Waals surface area (Å²) in [4.78, 5) is 30.7. The summed E-state index contributed by atoms with van der Waals surface area (Å²) < 4.78 is 0. The van der Waals surface area contributed by atoms with Gasteiger partial charge in [0.2, 0.25) is 0 Å². The first kappa shape index (κ1) is 16.6. The molecule has 0 aliphatic carbocycles. The number of thiazole rings is 1. The molecule has 0 radical (unpaired) electrons. The van der Waals surface area contributed by atoms with Gasteiger partial charge in [-0.05, 0) is 19.8 Å². The second kappa shape index (κ2) is 6.36. The Morgan fingerprint density at radius 2 is 1.83 bits per heavy atom. The molecule has 126 valence electrons. The molecule has 0 spiro atoms. The third kappa shape index (κ3) is 2.82. The van der Waals surface area contributed by atoms with Crippen LogP contribution in [0.3, 0.4) is 0 Å². The largest absolute Gasteiger partial charge is 0.325 e. The first-order valence-corrected chi connectivity index (χ1v) is 9.02. The topological polar surface area (TPSA) is 62.3 Å². The van der Waals surface area contributed by atoms with Crippen LogP contribution in [0.5, 0.6) is 0 Å². The van der Waals surface area contributed by atoms with Gasteiger partial charge in [-0.25, -0.2) is 9.78 Å². The van der Waals surface area contributed by atoms with Crippen molar-refractivity contribution in [1.82, 2.24) is 15.2 Å². The SMILES string of the molecule is CCC1(CC)NC(=O)N(Cc2csc(-c3ccc(C)cc3)n2)C1=O. The van der Waals surface area contributed by atoms with Crippen LogP contribution in [-0.4, -0.2) is 27.4 Å². The molecule has 2 heterocycles. The molecule has 1 aliphatic rings. The molecule has 0 atom stereocenters. The van der Waals surface area contributed by atoms with E-state index in [4.69, 9.17) is 0 Å². The van der Waals surface area contributed by atoms with Crippen LogP contribution < -0.4 is 5.32 Å². The lowest BCUT2D eigenvalue weighted by atomic mass is 9.93. The molecule has 6 heteroatoms. The number of aromatic nitrogens is 1. The second-order valence-electron chi connectivity index (χ2n) is 6.12. The Balaban J connectivity index is 1.79. The molecule has 1 aromatic heterocycles. The first-order chi connectivity index (χ1) is 11.5. The minimum Gasteiger partial charge on any atom is -0.323 e. The van der Waals surface area contributed by atoms with Gasteiger partial charge in [0.05, 0.1) is 12.2 Å². The van der Waals surface area contributed by atoms with Crippen molar-refractivity contribution in [3.63, 3.8) is 0 Å². The van der Waals surface area contributed by atoms with Gasteiger partial charge < -0.3 is 5.32 Å². The molecule has 1 fully saturated rings. The normalized spacial score (nSPS) is 16.5. The molecule has 1 N–H and O–H groups in total. The monoisotopic (exact) mass is 343 g/mol. The van der Waals surface area contributed by atoms with Crippen molar-refractivity contribution >= 4 is 23.3 Å². The number of aryl methyl sites for hydroxylation is 1. The molecule has 0 bridgehead atoms. The van der Waals surface area contributed by atoms with Crippen LogP contribution in [0, 0.1) is 6.92 Å². The number of hydrogen-bond donors (Lipinski definition) is 1. The van der Waals surface area contributed by atoms with Crippen molar-refractivity contribution in [3.8, 4) is 10.6 Å². The third-order valence-electron chi connectivity index (χ3n) is 4.62. The Bertz CT molecular complexity index is 763. The van der Waals surface area contributed by atoms with E-state index in [9.17, 15) is 9.59 Å². The summed E-state index contributed by atoms with van der Waals surface area (Å²) in [6.07, 6.45) is 1.19. The van der Waals surface area contributed by atoms with Crippen molar-refractivity contribution in [1.29, 1.82) is 0 Å². The Kier molecular flexibility index (Phi) is 4.41. The number of urea groups is 1. The number of carbonyl (C=O) groups excluding carboxylic acids is 2. The van der Waals surface area contributed by atoms with Crippen LogP contribution in [-0.2, 0) is 11.3 Å². The highest BCUT2D eigenvalue weighted by Gasteiger charge is 2.48. The van der Waals surface area contributed by atoms with Crippen molar-refractivity contribution in [3.05, 3.63) is 40.9 Å². The van der Waals surface area contributed by atoms with E-state index >= 15 is 0 Å². The van der Waals surface area contributed by atoms with Crippen molar-refractivity contribution in [2.75, 3.05) is 0 Å². The Morgan fingerprint density at radius 3 is 2.42 bits per heavy atom. The number of amides is 3. The lowest BCUT2D eigenvalue weighted by molar-refractivity contribution is -0.132. The van der Waals surface area contributed by atoms with Crippen molar-refractivity contribution in [2.24, 2.45) is 0 Å². The Labute approximate surface area is 145 Å². The highest BCUT2D eigenvalue weighted by Crippen LogP contribution is 2.28. The lowest BCUT2D eigenvalue weighted by Gasteiger charge is -2.22. The predicted molar refractivity (Wildman–Crippen MR) is 94.7 cm³/mol. The molecule has 2 aromatic rings.